The topological polar surface area (TPSA) is 113 Å². The summed E-state index contributed by atoms with van der Waals surface area (Å²) in [4.78, 5) is 27.9. The van der Waals surface area contributed by atoms with Crippen molar-refractivity contribution in [2.75, 3.05) is 13.6 Å². The van der Waals surface area contributed by atoms with Gasteiger partial charge in [0.15, 0.2) is 0 Å². The van der Waals surface area contributed by atoms with Gasteiger partial charge in [0, 0.05) is 49.4 Å². The van der Waals surface area contributed by atoms with Gasteiger partial charge in [0.2, 0.25) is 0 Å². The minimum Gasteiger partial charge on any atom is -0.351 e. The lowest BCUT2D eigenvalue weighted by Gasteiger charge is -2.31. The van der Waals surface area contributed by atoms with Crippen molar-refractivity contribution in [1.82, 2.24) is 29.8 Å². The molecule has 0 aliphatic carbocycles. The van der Waals surface area contributed by atoms with E-state index in [0.717, 1.165) is 17.0 Å². The lowest BCUT2D eigenvalue weighted by Crippen LogP contribution is -2.45. The van der Waals surface area contributed by atoms with E-state index in [4.69, 9.17) is 10.8 Å². The highest BCUT2D eigenvalue weighted by molar-refractivity contribution is 5.94. The van der Waals surface area contributed by atoms with Crippen molar-refractivity contribution in [1.29, 1.82) is 0 Å². The summed E-state index contributed by atoms with van der Waals surface area (Å²) >= 11 is 0. The number of nitrogens with two attached hydrogens (primary N) is 1. The number of rotatable bonds is 1. The van der Waals surface area contributed by atoms with E-state index in [0.29, 0.717) is 31.7 Å². The summed E-state index contributed by atoms with van der Waals surface area (Å²) in [5, 5.41) is 11.7. The molecule has 2 unspecified atom stereocenters. The van der Waals surface area contributed by atoms with Crippen molar-refractivity contribution in [2.24, 2.45) is 5.73 Å². The number of primary amides is 1. The van der Waals surface area contributed by atoms with Gasteiger partial charge in [0.25, 0.3) is 5.91 Å². The SMILES string of the molecule is CC1Cc2nn3c(c2CN1C(N)=O)C(=O)N(C)CC(c1ccn[nH]1)C3. The van der Waals surface area contributed by atoms with E-state index >= 15 is 0 Å². The molecule has 2 aromatic rings. The van der Waals surface area contributed by atoms with Crippen LogP contribution >= 0.6 is 0 Å². The number of aromatic nitrogens is 4. The maximum absolute atomic E-state index is 12.9. The average molecular weight is 343 g/mol. The lowest BCUT2D eigenvalue weighted by atomic mass is 9.99. The number of likely N-dealkylation sites (N-methyl/N-ethyl adjacent to an activating group) is 1. The number of nitrogens with zero attached hydrogens (tertiary/aromatic N) is 5. The molecule has 0 radical (unpaired) electrons. The Kier molecular flexibility index (Phi) is 3.52. The van der Waals surface area contributed by atoms with Crippen LogP contribution in [0.1, 0.15) is 40.3 Å². The third-order valence-corrected chi connectivity index (χ3v) is 5.17. The molecule has 9 nitrogen and oxygen atoms in total. The number of nitrogens with one attached hydrogen (secondary N) is 1. The van der Waals surface area contributed by atoms with E-state index < -0.39 is 6.03 Å². The Hall–Kier alpha value is -2.84. The zero-order valence-corrected chi connectivity index (χ0v) is 14.3. The molecule has 9 heteroatoms. The summed E-state index contributed by atoms with van der Waals surface area (Å²) in [7, 11) is 1.79. The maximum Gasteiger partial charge on any atom is 0.315 e. The highest BCUT2D eigenvalue weighted by atomic mass is 16.2. The van der Waals surface area contributed by atoms with Crippen molar-refractivity contribution >= 4 is 11.9 Å². The maximum atomic E-state index is 12.9. The molecule has 4 rings (SSSR count). The molecule has 2 aliphatic heterocycles. The molecule has 0 fully saturated rings. The van der Waals surface area contributed by atoms with Gasteiger partial charge in [-0.1, -0.05) is 0 Å². The van der Waals surface area contributed by atoms with E-state index in [2.05, 4.69) is 10.2 Å². The first-order chi connectivity index (χ1) is 12.0. The number of carbonyl (C=O) groups excluding carboxylic acids is 2. The molecule has 2 aliphatic rings. The first-order valence-corrected chi connectivity index (χ1v) is 8.35. The van der Waals surface area contributed by atoms with Crippen LogP contribution in [-0.4, -0.2) is 61.4 Å². The Morgan fingerprint density at radius 2 is 2.20 bits per heavy atom. The smallest absolute Gasteiger partial charge is 0.315 e. The summed E-state index contributed by atoms with van der Waals surface area (Å²) in [5.74, 6) is 0.0125. The van der Waals surface area contributed by atoms with Crippen molar-refractivity contribution < 1.29 is 9.59 Å². The standard InChI is InChI=1S/C16H21N7O2/c1-9-5-13-11(8-22(9)16(17)25)14-15(24)21(2)6-10(7-23(14)20-13)12-3-4-18-19-12/h3-4,9-10H,5-8H2,1-2H3,(H2,17,25)(H,18,19). The highest BCUT2D eigenvalue weighted by Gasteiger charge is 2.36. The van der Waals surface area contributed by atoms with Crippen LogP contribution in [0.2, 0.25) is 0 Å². The Morgan fingerprint density at radius 1 is 1.40 bits per heavy atom. The molecule has 3 N–H and O–H groups in total. The van der Waals surface area contributed by atoms with Crippen LogP contribution in [0.5, 0.6) is 0 Å². The van der Waals surface area contributed by atoms with Crippen molar-refractivity contribution in [3.8, 4) is 0 Å². The summed E-state index contributed by atoms with van der Waals surface area (Å²) < 4.78 is 1.79. The fourth-order valence-corrected chi connectivity index (χ4v) is 3.81. The number of amides is 3. The zero-order chi connectivity index (χ0) is 17.7. The van der Waals surface area contributed by atoms with Crippen molar-refractivity contribution in [2.45, 2.75) is 38.4 Å². The normalized spacial score (nSPS) is 23.2. The van der Waals surface area contributed by atoms with Crippen LogP contribution < -0.4 is 5.73 Å². The molecule has 0 saturated heterocycles. The lowest BCUT2D eigenvalue weighted by molar-refractivity contribution is 0.0787. The molecule has 0 bridgehead atoms. The van der Waals surface area contributed by atoms with E-state index in [1.165, 1.54) is 0 Å². The number of carbonyl (C=O) groups is 2. The van der Waals surface area contributed by atoms with Crippen LogP contribution in [0.4, 0.5) is 4.79 Å². The van der Waals surface area contributed by atoms with Crippen LogP contribution in [0.25, 0.3) is 0 Å². The van der Waals surface area contributed by atoms with E-state index in [-0.39, 0.29) is 17.9 Å². The van der Waals surface area contributed by atoms with Gasteiger partial charge in [-0.2, -0.15) is 10.2 Å². The Labute approximate surface area is 144 Å². The van der Waals surface area contributed by atoms with E-state index in [9.17, 15) is 9.59 Å². The highest BCUT2D eigenvalue weighted by Crippen LogP contribution is 2.30. The number of hydrogen-bond donors (Lipinski definition) is 2. The first-order valence-electron chi connectivity index (χ1n) is 8.35. The zero-order valence-electron chi connectivity index (χ0n) is 14.3. The monoisotopic (exact) mass is 343 g/mol. The quantitative estimate of drug-likeness (QED) is 0.775. The Balaban J connectivity index is 1.77. The molecule has 4 heterocycles. The van der Waals surface area contributed by atoms with Gasteiger partial charge in [-0.05, 0) is 13.0 Å². The minimum atomic E-state index is -0.470. The summed E-state index contributed by atoms with van der Waals surface area (Å²) in [6, 6.07) is 1.43. The average Bonchev–Trinajstić information content (AvgIpc) is 3.17. The van der Waals surface area contributed by atoms with Gasteiger partial charge in [-0.25, -0.2) is 4.79 Å². The van der Waals surface area contributed by atoms with E-state index in [1.807, 2.05) is 13.0 Å². The molecular weight excluding hydrogens is 322 g/mol. The van der Waals surface area contributed by atoms with Crippen LogP contribution in [-0.2, 0) is 19.5 Å². The Morgan fingerprint density at radius 3 is 2.88 bits per heavy atom. The number of aromatic amines is 1. The van der Waals surface area contributed by atoms with Gasteiger partial charge < -0.3 is 15.5 Å². The third kappa shape index (κ3) is 2.46. The predicted octanol–water partition coefficient (Wildman–Crippen LogP) is 0.301. The first kappa shape index (κ1) is 15.7. The molecular formula is C16H21N7O2. The molecule has 0 saturated carbocycles. The predicted molar refractivity (Wildman–Crippen MR) is 88.8 cm³/mol. The largest absolute Gasteiger partial charge is 0.351 e. The molecule has 132 valence electrons. The van der Waals surface area contributed by atoms with Crippen molar-refractivity contribution in [3.05, 3.63) is 34.9 Å². The summed E-state index contributed by atoms with van der Waals surface area (Å²) in [5.41, 5.74) is 8.74. The minimum absolute atomic E-state index is 0.0274. The van der Waals surface area contributed by atoms with Gasteiger partial charge in [-0.15, -0.1) is 0 Å². The van der Waals surface area contributed by atoms with Crippen LogP contribution in [0.3, 0.4) is 0 Å². The van der Waals surface area contributed by atoms with Gasteiger partial charge >= 0.3 is 6.03 Å². The van der Waals surface area contributed by atoms with Gasteiger partial charge in [0.1, 0.15) is 5.69 Å². The fraction of sp³-hybridized carbons (Fsp3) is 0.500. The Bertz CT molecular complexity index is 826. The summed E-state index contributed by atoms with van der Waals surface area (Å²) in [6.45, 7) is 3.44. The molecule has 25 heavy (non-hydrogen) atoms. The van der Waals surface area contributed by atoms with Gasteiger partial charge in [-0.3, -0.25) is 14.6 Å². The number of H-pyrrole nitrogens is 1. The molecule has 0 spiro atoms. The number of urea groups is 1. The molecule has 2 aromatic heterocycles. The third-order valence-electron chi connectivity index (χ3n) is 5.17. The molecule has 3 amide bonds. The van der Waals surface area contributed by atoms with Crippen LogP contribution in [0.15, 0.2) is 12.3 Å². The van der Waals surface area contributed by atoms with E-state index in [1.54, 1.807) is 27.7 Å². The number of fused-ring (bicyclic) bond motifs is 3. The second-order valence-corrected chi connectivity index (χ2v) is 6.87. The number of hydrogen-bond acceptors (Lipinski definition) is 4. The van der Waals surface area contributed by atoms with Crippen LogP contribution in [0, 0.1) is 0 Å². The second-order valence-electron chi connectivity index (χ2n) is 6.87. The second kappa shape index (κ2) is 5.61. The van der Waals surface area contributed by atoms with Gasteiger partial charge in [0.05, 0.1) is 18.8 Å². The molecule has 0 aromatic carbocycles. The van der Waals surface area contributed by atoms with Crippen molar-refractivity contribution in [3.63, 3.8) is 0 Å². The molecule has 2 atom stereocenters. The fourth-order valence-electron chi connectivity index (χ4n) is 3.81. The summed E-state index contributed by atoms with van der Waals surface area (Å²) in [6.07, 6.45) is 2.31.